The summed E-state index contributed by atoms with van der Waals surface area (Å²) < 4.78 is 0. The zero-order valence-corrected chi connectivity index (χ0v) is 40.6. The zero-order chi connectivity index (χ0) is 47.2. The summed E-state index contributed by atoms with van der Waals surface area (Å²) in [7, 11) is 0. The van der Waals surface area contributed by atoms with Gasteiger partial charge in [0, 0.05) is 16.8 Å². The van der Waals surface area contributed by atoms with Gasteiger partial charge in [0.1, 0.15) is 0 Å². The maximum atomic E-state index is 2.61. The van der Waals surface area contributed by atoms with E-state index in [1.165, 1.54) is 142 Å². The topological polar surface area (TPSA) is 3.24 Å². The van der Waals surface area contributed by atoms with Crippen LogP contribution in [0.5, 0.6) is 0 Å². The minimum Gasteiger partial charge on any atom is -0.334 e. The first-order chi connectivity index (χ1) is 34.6. The van der Waals surface area contributed by atoms with Crippen molar-refractivity contribution in [2.45, 2.75) is 53.5 Å². The molecule has 0 amide bonds. The van der Waals surface area contributed by atoms with E-state index in [0.717, 1.165) is 12.8 Å². The van der Waals surface area contributed by atoms with E-state index in [0.29, 0.717) is 5.92 Å². The van der Waals surface area contributed by atoms with Gasteiger partial charge in [-0.2, -0.15) is 0 Å². The molecular formula is C69H55N. The van der Waals surface area contributed by atoms with Crippen molar-refractivity contribution < 1.29 is 0 Å². The van der Waals surface area contributed by atoms with Gasteiger partial charge in [0.25, 0.3) is 0 Å². The molecule has 14 rings (SSSR count). The lowest BCUT2D eigenvalue weighted by Gasteiger charge is -2.35. The third kappa shape index (κ3) is 6.10. The van der Waals surface area contributed by atoms with Crippen molar-refractivity contribution in [1.29, 1.82) is 0 Å². The molecule has 0 aliphatic heterocycles. The number of benzene rings is 9. The number of anilines is 1. The molecule has 0 bridgehead atoms. The second kappa shape index (κ2) is 16.6. The number of rotatable bonds is 7. The Labute approximate surface area is 410 Å². The van der Waals surface area contributed by atoms with Gasteiger partial charge in [0.15, 0.2) is 0 Å². The second-order valence-corrected chi connectivity index (χ2v) is 19.3. The van der Waals surface area contributed by atoms with Crippen molar-refractivity contribution in [2.24, 2.45) is 5.92 Å². The molecule has 0 aromatic heterocycles. The van der Waals surface area contributed by atoms with Crippen LogP contribution in [0.1, 0.15) is 53.0 Å². The van der Waals surface area contributed by atoms with E-state index in [1.54, 1.807) is 0 Å². The van der Waals surface area contributed by atoms with Crippen LogP contribution in [0.3, 0.4) is 0 Å². The van der Waals surface area contributed by atoms with Gasteiger partial charge >= 0.3 is 0 Å². The fraction of sp³-hybridized carbons (Fsp3) is 0.130. The van der Waals surface area contributed by atoms with E-state index in [4.69, 9.17) is 0 Å². The van der Waals surface area contributed by atoms with Crippen LogP contribution in [-0.2, 0) is 0 Å². The molecule has 0 heterocycles. The third-order valence-electron chi connectivity index (χ3n) is 15.5. The Bertz CT molecular complexity index is 4120. The third-order valence-corrected chi connectivity index (χ3v) is 15.5. The number of allylic oxidation sites excluding steroid dienone is 11. The Morgan fingerprint density at radius 2 is 1.21 bits per heavy atom. The van der Waals surface area contributed by atoms with Crippen molar-refractivity contribution in [1.82, 2.24) is 0 Å². The Hall–Kier alpha value is -8.00. The summed E-state index contributed by atoms with van der Waals surface area (Å²) in [4.78, 5) is 2.61. The summed E-state index contributed by atoms with van der Waals surface area (Å²) >= 11 is 0. The first-order valence-corrected chi connectivity index (χ1v) is 25.5. The maximum Gasteiger partial charge on any atom is 0.0559 e. The van der Waals surface area contributed by atoms with E-state index in [1.807, 2.05) is 13.8 Å². The van der Waals surface area contributed by atoms with Crippen molar-refractivity contribution in [2.75, 3.05) is 4.90 Å². The molecule has 0 saturated carbocycles. The molecule has 70 heavy (non-hydrogen) atoms. The molecule has 3 aliphatic rings. The molecule has 1 nitrogen and oxygen atoms in total. The minimum atomic E-state index is 0.216. The number of nitrogens with zero attached hydrogens (tertiary/aromatic N) is 1. The highest BCUT2D eigenvalue weighted by Crippen LogP contribution is 2.56. The van der Waals surface area contributed by atoms with Gasteiger partial charge in [-0.3, -0.25) is 0 Å². The van der Waals surface area contributed by atoms with Gasteiger partial charge in [-0.05, 0) is 194 Å². The lowest BCUT2D eigenvalue weighted by Crippen LogP contribution is -2.33. The lowest BCUT2D eigenvalue weighted by atomic mass is 9.85. The van der Waals surface area contributed by atoms with Crippen LogP contribution in [0.2, 0.25) is 0 Å². The smallest absolute Gasteiger partial charge is 0.0559 e. The SMILES string of the molecule is CC.C\C=C/C=C(\C=C/C)c1c2cc3c(cc2c(-c2ccccc2)c2c4ccc(N(C5=CCC(C)C=C5)C5C=CC=CC5)c5cccc(c12)c54)c1ccc2c4c(ccc3c41)-c1cc3ccccc3cc1-2. The van der Waals surface area contributed by atoms with Crippen LogP contribution in [0, 0.1) is 5.92 Å². The van der Waals surface area contributed by atoms with E-state index in [2.05, 4.69) is 232 Å². The van der Waals surface area contributed by atoms with Gasteiger partial charge in [-0.1, -0.05) is 191 Å². The molecule has 0 saturated heterocycles. The second-order valence-electron chi connectivity index (χ2n) is 19.3. The number of hydrogen-bond donors (Lipinski definition) is 0. The van der Waals surface area contributed by atoms with Gasteiger partial charge in [-0.25, -0.2) is 0 Å². The summed E-state index contributed by atoms with van der Waals surface area (Å²) in [6.07, 6.45) is 29.5. The first kappa shape index (κ1) is 42.1. The Morgan fingerprint density at radius 1 is 0.529 bits per heavy atom. The van der Waals surface area contributed by atoms with Crippen LogP contribution in [0.25, 0.3) is 125 Å². The predicted octanol–water partition coefficient (Wildman–Crippen LogP) is 19.8. The van der Waals surface area contributed by atoms with E-state index < -0.39 is 0 Å². The summed E-state index contributed by atoms with van der Waals surface area (Å²) in [6.45, 7) is 10.6. The molecule has 11 aromatic rings. The summed E-state index contributed by atoms with van der Waals surface area (Å²) in [5.74, 6) is 0.535. The minimum absolute atomic E-state index is 0.216. The van der Waals surface area contributed by atoms with Crippen LogP contribution >= 0.6 is 0 Å². The molecule has 11 aromatic carbocycles. The predicted molar refractivity (Wildman–Crippen MR) is 308 cm³/mol. The molecule has 0 fully saturated rings. The van der Waals surface area contributed by atoms with E-state index in [9.17, 15) is 0 Å². The highest BCUT2D eigenvalue weighted by atomic mass is 15.2. The van der Waals surface area contributed by atoms with Crippen LogP contribution in [0.15, 0.2) is 212 Å². The first-order valence-electron chi connectivity index (χ1n) is 25.5. The standard InChI is InChI=1S/C67H49N.C2H6/c1-4-6-17-41(16-5-2)61-58-38-56-49-32-30-47-54-36-43-20-13-14-21-44(43)37-55(54)48-31-33-50(65(49)64(47)48)57(56)39-59(58)62(42-18-9-7-10-19-42)67-53-34-35-60(51-24-15-25-52(63(51)53)66(61)67)68(45-22-11-8-12-23-45)46-28-26-40(3)27-29-46;1-2/h4-22,24-26,28-40,45H,23,27H2,1-3H3;1-2H3/b6-4-,16-5-,41-17+;. The van der Waals surface area contributed by atoms with Crippen molar-refractivity contribution in [3.63, 3.8) is 0 Å². The Kier molecular flexibility index (Phi) is 9.99. The Balaban J connectivity index is 0.00000237. The normalized spacial score (nSPS) is 16.7. The number of fused-ring (bicyclic) bond motifs is 11. The summed E-state index contributed by atoms with van der Waals surface area (Å²) in [5, 5.41) is 21.1. The van der Waals surface area contributed by atoms with Crippen LogP contribution < -0.4 is 4.90 Å². The molecule has 0 N–H and O–H groups in total. The highest BCUT2D eigenvalue weighted by molar-refractivity contribution is 6.42. The fourth-order valence-corrected chi connectivity index (χ4v) is 12.6. The molecule has 0 spiro atoms. The largest absolute Gasteiger partial charge is 0.334 e. The van der Waals surface area contributed by atoms with E-state index in [-0.39, 0.29) is 6.04 Å². The van der Waals surface area contributed by atoms with Gasteiger partial charge in [0.2, 0.25) is 0 Å². The summed E-state index contributed by atoms with van der Waals surface area (Å²) in [5.41, 5.74) is 12.9. The van der Waals surface area contributed by atoms with Crippen LogP contribution in [-0.4, -0.2) is 6.04 Å². The van der Waals surface area contributed by atoms with Crippen molar-refractivity contribution >= 4 is 97.4 Å². The average molecular weight is 898 g/mol. The van der Waals surface area contributed by atoms with Crippen LogP contribution in [0.4, 0.5) is 5.69 Å². The van der Waals surface area contributed by atoms with Gasteiger partial charge < -0.3 is 4.90 Å². The highest BCUT2D eigenvalue weighted by Gasteiger charge is 2.30. The van der Waals surface area contributed by atoms with Crippen molar-refractivity contribution in [3.05, 3.63) is 218 Å². The van der Waals surface area contributed by atoms with Crippen molar-refractivity contribution in [3.8, 4) is 33.4 Å². The quantitative estimate of drug-likeness (QED) is 0.144. The molecule has 1 heteroatoms. The maximum absolute atomic E-state index is 2.61. The Morgan fingerprint density at radius 3 is 1.89 bits per heavy atom. The fourth-order valence-electron chi connectivity index (χ4n) is 12.6. The molecule has 2 atom stereocenters. The molecule has 0 radical (unpaired) electrons. The van der Waals surface area contributed by atoms with Gasteiger partial charge in [0.05, 0.1) is 6.04 Å². The van der Waals surface area contributed by atoms with Gasteiger partial charge in [-0.15, -0.1) is 0 Å². The summed E-state index contributed by atoms with van der Waals surface area (Å²) in [6, 6.07) is 51.8. The lowest BCUT2D eigenvalue weighted by molar-refractivity contribution is 0.705. The molecule has 336 valence electrons. The molecule has 2 unspecified atom stereocenters. The molecular weight excluding hydrogens is 843 g/mol. The van der Waals surface area contributed by atoms with E-state index >= 15 is 0 Å². The average Bonchev–Trinajstić information content (AvgIpc) is 4.03. The zero-order valence-electron chi connectivity index (χ0n) is 40.6. The molecule has 3 aliphatic carbocycles. The number of hydrogen-bond acceptors (Lipinski definition) is 1. The monoisotopic (exact) mass is 897 g/mol.